The average Bonchev–Trinajstić information content (AvgIpc) is 3.14. The molecule has 0 atom stereocenters. The van der Waals surface area contributed by atoms with Crippen molar-refractivity contribution >= 4 is 21.6 Å². The second kappa shape index (κ2) is 4.91. The summed E-state index contributed by atoms with van der Waals surface area (Å²) in [5, 5.41) is 1.04. The van der Waals surface area contributed by atoms with E-state index in [0.29, 0.717) is 13.2 Å². The first-order valence-corrected chi connectivity index (χ1v) is 7.81. The van der Waals surface area contributed by atoms with Crippen molar-refractivity contribution in [1.29, 1.82) is 0 Å². The van der Waals surface area contributed by atoms with E-state index in [0.717, 1.165) is 21.7 Å². The molecule has 2 aromatic carbocycles. The minimum absolute atomic E-state index is 0.605. The SMILES string of the molecule is CC1(c2ccc(-c3nc4ccccc4s3)cc2)OCCO1. The molecule has 4 heteroatoms. The van der Waals surface area contributed by atoms with Gasteiger partial charge < -0.3 is 9.47 Å². The summed E-state index contributed by atoms with van der Waals surface area (Å²) in [6.07, 6.45) is 0. The smallest absolute Gasteiger partial charge is 0.192 e. The Morgan fingerprint density at radius 2 is 1.71 bits per heavy atom. The van der Waals surface area contributed by atoms with Gasteiger partial charge in [0.1, 0.15) is 5.01 Å². The number of hydrogen-bond donors (Lipinski definition) is 0. The third-order valence-electron chi connectivity index (χ3n) is 3.79. The van der Waals surface area contributed by atoms with Crippen LogP contribution in [0.2, 0.25) is 0 Å². The fourth-order valence-electron chi connectivity index (χ4n) is 2.59. The van der Waals surface area contributed by atoms with Gasteiger partial charge in [-0.15, -0.1) is 11.3 Å². The van der Waals surface area contributed by atoms with Crippen LogP contribution in [0.15, 0.2) is 48.5 Å². The summed E-state index contributed by atoms with van der Waals surface area (Å²) >= 11 is 1.71. The van der Waals surface area contributed by atoms with Gasteiger partial charge in [0.15, 0.2) is 5.79 Å². The summed E-state index contributed by atoms with van der Waals surface area (Å²) < 4.78 is 12.6. The lowest BCUT2D eigenvalue weighted by Crippen LogP contribution is -2.22. The second-order valence-electron chi connectivity index (χ2n) is 5.21. The van der Waals surface area contributed by atoms with Gasteiger partial charge in [0.05, 0.1) is 23.4 Å². The third-order valence-corrected chi connectivity index (χ3v) is 4.87. The predicted octanol–water partition coefficient (Wildman–Crippen LogP) is 4.18. The van der Waals surface area contributed by atoms with Crippen LogP contribution < -0.4 is 0 Å². The summed E-state index contributed by atoms with van der Waals surface area (Å²) in [5.74, 6) is -0.605. The number of benzene rings is 2. The highest BCUT2D eigenvalue weighted by Gasteiger charge is 2.32. The Labute approximate surface area is 127 Å². The van der Waals surface area contributed by atoms with Crippen molar-refractivity contribution in [2.75, 3.05) is 13.2 Å². The fraction of sp³-hybridized carbons (Fsp3) is 0.235. The van der Waals surface area contributed by atoms with E-state index >= 15 is 0 Å². The van der Waals surface area contributed by atoms with Gasteiger partial charge in [0, 0.05) is 11.1 Å². The molecule has 3 nitrogen and oxygen atoms in total. The monoisotopic (exact) mass is 297 g/mol. The molecular formula is C17H15NO2S. The second-order valence-corrected chi connectivity index (χ2v) is 6.24. The number of rotatable bonds is 2. The molecule has 0 N–H and O–H groups in total. The van der Waals surface area contributed by atoms with Crippen LogP contribution in [0.1, 0.15) is 12.5 Å². The van der Waals surface area contributed by atoms with Gasteiger partial charge in [-0.2, -0.15) is 0 Å². The number of aromatic nitrogens is 1. The lowest BCUT2D eigenvalue weighted by Gasteiger charge is -2.22. The molecule has 0 unspecified atom stereocenters. The Hall–Kier alpha value is -1.75. The number of para-hydroxylation sites is 1. The van der Waals surface area contributed by atoms with Gasteiger partial charge >= 0.3 is 0 Å². The van der Waals surface area contributed by atoms with E-state index in [1.807, 2.05) is 25.1 Å². The predicted molar refractivity (Wildman–Crippen MR) is 84.3 cm³/mol. The van der Waals surface area contributed by atoms with Crippen LogP contribution in [-0.4, -0.2) is 18.2 Å². The number of ether oxygens (including phenoxy) is 2. The van der Waals surface area contributed by atoms with Gasteiger partial charge in [0.25, 0.3) is 0 Å². The van der Waals surface area contributed by atoms with Gasteiger partial charge in [-0.1, -0.05) is 36.4 Å². The molecule has 1 fully saturated rings. The van der Waals surface area contributed by atoms with Crippen LogP contribution in [0, 0.1) is 0 Å². The largest absolute Gasteiger partial charge is 0.344 e. The minimum Gasteiger partial charge on any atom is -0.344 e. The van der Waals surface area contributed by atoms with Crippen LogP contribution in [0.5, 0.6) is 0 Å². The van der Waals surface area contributed by atoms with E-state index in [9.17, 15) is 0 Å². The molecule has 0 amide bonds. The Kier molecular flexibility index (Phi) is 3.03. The van der Waals surface area contributed by atoms with Crippen molar-refractivity contribution in [3.63, 3.8) is 0 Å². The molecule has 3 aromatic rings. The van der Waals surface area contributed by atoms with Crippen LogP contribution >= 0.6 is 11.3 Å². The van der Waals surface area contributed by atoms with E-state index in [-0.39, 0.29) is 0 Å². The highest BCUT2D eigenvalue weighted by Crippen LogP contribution is 2.34. The van der Waals surface area contributed by atoms with Crippen LogP contribution in [-0.2, 0) is 15.3 Å². The van der Waals surface area contributed by atoms with E-state index in [1.54, 1.807) is 11.3 Å². The van der Waals surface area contributed by atoms with Gasteiger partial charge in [-0.25, -0.2) is 4.98 Å². The van der Waals surface area contributed by atoms with E-state index in [2.05, 4.69) is 35.3 Å². The van der Waals surface area contributed by atoms with Crippen LogP contribution in [0.25, 0.3) is 20.8 Å². The zero-order valence-corrected chi connectivity index (χ0v) is 12.5. The molecule has 0 radical (unpaired) electrons. The van der Waals surface area contributed by atoms with E-state index in [1.165, 1.54) is 4.70 Å². The zero-order valence-electron chi connectivity index (χ0n) is 11.7. The van der Waals surface area contributed by atoms with Crippen molar-refractivity contribution in [2.45, 2.75) is 12.7 Å². The van der Waals surface area contributed by atoms with E-state index in [4.69, 9.17) is 9.47 Å². The van der Waals surface area contributed by atoms with Gasteiger partial charge in [0.2, 0.25) is 0 Å². The number of nitrogens with zero attached hydrogens (tertiary/aromatic N) is 1. The Morgan fingerprint density at radius 3 is 2.43 bits per heavy atom. The quantitative estimate of drug-likeness (QED) is 0.711. The summed E-state index contributed by atoms with van der Waals surface area (Å²) in [7, 11) is 0. The maximum absolute atomic E-state index is 5.68. The van der Waals surface area contributed by atoms with Crippen molar-refractivity contribution in [3.8, 4) is 10.6 Å². The fourth-order valence-corrected chi connectivity index (χ4v) is 3.56. The number of fused-ring (bicyclic) bond motifs is 1. The van der Waals surface area contributed by atoms with Crippen molar-refractivity contribution < 1.29 is 9.47 Å². The maximum Gasteiger partial charge on any atom is 0.192 e. The standard InChI is InChI=1S/C17H15NO2S/c1-17(19-10-11-20-17)13-8-6-12(7-9-13)16-18-14-4-2-3-5-15(14)21-16/h2-9H,10-11H2,1H3. The Morgan fingerprint density at radius 1 is 1.00 bits per heavy atom. The van der Waals surface area contributed by atoms with Crippen LogP contribution in [0.4, 0.5) is 0 Å². The molecule has 1 aliphatic rings. The molecule has 1 aliphatic heterocycles. The number of hydrogen-bond acceptors (Lipinski definition) is 4. The highest BCUT2D eigenvalue weighted by atomic mass is 32.1. The third kappa shape index (κ3) is 2.25. The summed E-state index contributed by atoms with van der Waals surface area (Å²) in [5.41, 5.74) is 3.22. The number of thiazole rings is 1. The van der Waals surface area contributed by atoms with Crippen LogP contribution in [0.3, 0.4) is 0 Å². The first kappa shape index (κ1) is 13.0. The molecule has 0 saturated carbocycles. The van der Waals surface area contributed by atoms with Gasteiger partial charge in [-0.3, -0.25) is 0 Å². The summed E-state index contributed by atoms with van der Waals surface area (Å²) in [6, 6.07) is 16.5. The average molecular weight is 297 g/mol. The molecule has 21 heavy (non-hydrogen) atoms. The lowest BCUT2D eigenvalue weighted by molar-refractivity contribution is -0.149. The van der Waals surface area contributed by atoms with E-state index < -0.39 is 5.79 Å². The molecule has 0 spiro atoms. The molecular weight excluding hydrogens is 282 g/mol. The minimum atomic E-state index is -0.605. The van der Waals surface area contributed by atoms with Crippen molar-refractivity contribution in [2.24, 2.45) is 0 Å². The Bertz CT molecular complexity index is 740. The summed E-state index contributed by atoms with van der Waals surface area (Å²) in [4.78, 5) is 4.68. The molecule has 0 aliphatic carbocycles. The molecule has 2 heterocycles. The zero-order chi connectivity index (χ0) is 14.3. The normalized spacial score (nSPS) is 17.4. The molecule has 1 saturated heterocycles. The molecule has 1 aromatic heterocycles. The Balaban J connectivity index is 1.69. The highest BCUT2D eigenvalue weighted by molar-refractivity contribution is 7.21. The van der Waals surface area contributed by atoms with Crippen molar-refractivity contribution in [1.82, 2.24) is 4.98 Å². The molecule has 0 bridgehead atoms. The lowest BCUT2D eigenvalue weighted by atomic mass is 10.1. The molecule has 106 valence electrons. The summed E-state index contributed by atoms with van der Waals surface area (Å²) in [6.45, 7) is 3.26. The first-order valence-electron chi connectivity index (χ1n) is 6.99. The maximum atomic E-state index is 5.68. The molecule has 4 rings (SSSR count). The topological polar surface area (TPSA) is 31.4 Å². The van der Waals surface area contributed by atoms with Crippen molar-refractivity contribution in [3.05, 3.63) is 54.1 Å². The van der Waals surface area contributed by atoms with Gasteiger partial charge in [-0.05, 0) is 19.1 Å². The first-order chi connectivity index (χ1) is 10.2.